The molecule has 0 saturated carbocycles. The van der Waals surface area contributed by atoms with Crippen LogP contribution in [0.2, 0.25) is 0 Å². The molecule has 0 unspecified atom stereocenters. The van der Waals surface area contributed by atoms with Crippen LogP contribution in [0.3, 0.4) is 0 Å². The lowest BCUT2D eigenvalue weighted by molar-refractivity contribution is 0.328. The van der Waals surface area contributed by atoms with E-state index in [0.717, 1.165) is 16.5 Å². The van der Waals surface area contributed by atoms with E-state index in [4.69, 9.17) is 9.68 Å². The average Bonchev–Trinajstić information content (AvgIpc) is 3.11. The summed E-state index contributed by atoms with van der Waals surface area (Å²) in [5.74, 6) is 1.57. The number of rotatable bonds is 7. The number of thiazole rings is 1. The van der Waals surface area contributed by atoms with Crippen molar-refractivity contribution in [2.24, 2.45) is 0 Å². The molecule has 0 atom stereocenters. The molecular formula is C17H25N5OS. The first-order valence-electron chi connectivity index (χ1n) is 7.95. The molecule has 24 heavy (non-hydrogen) atoms. The van der Waals surface area contributed by atoms with Gasteiger partial charge >= 0.3 is 0 Å². The van der Waals surface area contributed by atoms with Crippen LogP contribution in [0.4, 0.5) is 0 Å². The van der Waals surface area contributed by atoms with Crippen molar-refractivity contribution in [1.29, 1.82) is 5.26 Å². The van der Waals surface area contributed by atoms with E-state index in [1.807, 2.05) is 0 Å². The molecule has 0 spiro atoms. The van der Waals surface area contributed by atoms with Crippen LogP contribution >= 0.6 is 11.3 Å². The molecule has 2 aromatic rings. The molecule has 0 fully saturated rings. The highest BCUT2D eigenvalue weighted by atomic mass is 32.1. The maximum atomic E-state index is 8.82. The number of oxazole rings is 1. The lowest BCUT2D eigenvalue weighted by Crippen LogP contribution is -2.40. The zero-order valence-electron chi connectivity index (χ0n) is 14.9. The van der Waals surface area contributed by atoms with Crippen molar-refractivity contribution in [2.45, 2.75) is 65.2 Å². The van der Waals surface area contributed by atoms with Crippen molar-refractivity contribution in [2.75, 3.05) is 0 Å². The maximum Gasteiger partial charge on any atom is 0.196 e. The summed E-state index contributed by atoms with van der Waals surface area (Å²) in [4.78, 5) is 9.46. The third-order valence-electron chi connectivity index (χ3n) is 3.38. The third kappa shape index (κ3) is 6.04. The number of nitrogens with one attached hydrogen (secondary N) is 2. The van der Waals surface area contributed by atoms with Crippen molar-refractivity contribution in [3.63, 3.8) is 0 Å². The van der Waals surface area contributed by atoms with Gasteiger partial charge in [0, 0.05) is 35.1 Å². The fraction of sp³-hybridized carbons (Fsp3) is 0.588. The molecule has 0 radical (unpaired) electrons. The van der Waals surface area contributed by atoms with Gasteiger partial charge in [0.2, 0.25) is 0 Å². The number of aromatic nitrogens is 2. The van der Waals surface area contributed by atoms with Gasteiger partial charge in [-0.15, -0.1) is 11.3 Å². The summed E-state index contributed by atoms with van der Waals surface area (Å²) in [7, 11) is 0. The lowest BCUT2D eigenvalue weighted by atomic mass is 10.0. The summed E-state index contributed by atoms with van der Waals surface area (Å²) >= 11 is 1.41. The van der Waals surface area contributed by atoms with E-state index in [1.54, 1.807) is 12.4 Å². The Morgan fingerprint density at radius 3 is 2.50 bits per heavy atom. The highest BCUT2D eigenvalue weighted by molar-refractivity contribution is 7.12. The van der Waals surface area contributed by atoms with E-state index in [1.165, 1.54) is 11.3 Å². The minimum Gasteiger partial charge on any atom is -0.444 e. The minimum atomic E-state index is -0.170. The van der Waals surface area contributed by atoms with Crippen molar-refractivity contribution in [1.82, 2.24) is 20.6 Å². The SMILES string of the molecule is CC(C)(C)NCc1cnc(CC(C)(C)NCc2cnc(C#N)s2)o1. The summed E-state index contributed by atoms with van der Waals surface area (Å²) in [5, 5.41) is 16.2. The number of nitrogens with zero attached hydrogens (tertiary/aromatic N) is 3. The molecule has 2 aromatic heterocycles. The van der Waals surface area contributed by atoms with Crippen LogP contribution < -0.4 is 10.6 Å². The molecule has 0 amide bonds. The molecule has 0 aliphatic carbocycles. The van der Waals surface area contributed by atoms with Gasteiger partial charge in [-0.25, -0.2) is 9.97 Å². The summed E-state index contributed by atoms with van der Waals surface area (Å²) in [6, 6.07) is 2.06. The second-order valence-corrected chi connectivity index (χ2v) is 8.60. The van der Waals surface area contributed by atoms with Crippen molar-refractivity contribution >= 4 is 11.3 Å². The Balaban J connectivity index is 1.87. The van der Waals surface area contributed by atoms with Crippen LogP contribution in [-0.2, 0) is 19.5 Å². The van der Waals surface area contributed by atoms with Crippen LogP contribution in [0.1, 0.15) is 56.2 Å². The number of hydrogen-bond donors (Lipinski definition) is 2. The highest BCUT2D eigenvalue weighted by Gasteiger charge is 2.21. The fourth-order valence-corrected chi connectivity index (χ4v) is 2.72. The van der Waals surface area contributed by atoms with Gasteiger partial charge in [0.25, 0.3) is 0 Å². The first kappa shape index (κ1) is 18.6. The molecule has 0 aliphatic rings. The van der Waals surface area contributed by atoms with Gasteiger partial charge in [-0.2, -0.15) is 5.26 Å². The summed E-state index contributed by atoms with van der Waals surface area (Å²) in [6.07, 6.45) is 4.21. The normalized spacial score (nSPS) is 12.3. The van der Waals surface area contributed by atoms with E-state index >= 15 is 0 Å². The topological polar surface area (TPSA) is 86.8 Å². The largest absolute Gasteiger partial charge is 0.444 e. The molecule has 7 heteroatoms. The van der Waals surface area contributed by atoms with Gasteiger partial charge in [0.05, 0.1) is 12.7 Å². The Kier molecular flexibility index (Phi) is 5.75. The fourth-order valence-electron chi connectivity index (χ4n) is 2.07. The number of hydrogen-bond acceptors (Lipinski definition) is 7. The second-order valence-electron chi connectivity index (χ2n) is 7.48. The van der Waals surface area contributed by atoms with Gasteiger partial charge in [-0.05, 0) is 34.6 Å². The lowest BCUT2D eigenvalue weighted by Gasteiger charge is -2.24. The summed E-state index contributed by atoms with van der Waals surface area (Å²) in [6.45, 7) is 11.9. The van der Waals surface area contributed by atoms with Gasteiger partial charge in [-0.1, -0.05) is 0 Å². The van der Waals surface area contributed by atoms with Crippen LogP contribution in [0, 0.1) is 11.3 Å². The maximum absolute atomic E-state index is 8.82. The molecule has 0 aliphatic heterocycles. The van der Waals surface area contributed by atoms with Crippen molar-refractivity contribution in [3.05, 3.63) is 33.9 Å². The quantitative estimate of drug-likeness (QED) is 0.801. The zero-order valence-corrected chi connectivity index (χ0v) is 15.8. The average molecular weight is 347 g/mol. The van der Waals surface area contributed by atoms with Crippen LogP contribution in [-0.4, -0.2) is 21.0 Å². The predicted molar refractivity (Wildman–Crippen MR) is 94.5 cm³/mol. The van der Waals surface area contributed by atoms with E-state index in [-0.39, 0.29) is 11.1 Å². The number of nitriles is 1. The smallest absolute Gasteiger partial charge is 0.196 e. The molecule has 2 heterocycles. The second kappa shape index (κ2) is 7.43. The molecule has 0 bridgehead atoms. The standard InChI is InChI=1S/C17H25N5OS/c1-16(2,3)21-9-12-8-19-14(23-12)6-17(4,5)22-11-13-10-20-15(7-18)24-13/h8,10,21-22H,6,9,11H2,1-5H3. The van der Waals surface area contributed by atoms with Crippen LogP contribution in [0.5, 0.6) is 0 Å². The van der Waals surface area contributed by atoms with Gasteiger partial charge < -0.3 is 15.1 Å². The predicted octanol–water partition coefficient (Wildman–Crippen LogP) is 3.00. The Hall–Kier alpha value is -1.75. The molecule has 2 rings (SSSR count). The third-order valence-corrected chi connectivity index (χ3v) is 4.28. The zero-order chi connectivity index (χ0) is 17.8. The summed E-state index contributed by atoms with van der Waals surface area (Å²) < 4.78 is 5.82. The van der Waals surface area contributed by atoms with E-state index in [0.29, 0.717) is 24.5 Å². The first-order chi connectivity index (χ1) is 11.2. The van der Waals surface area contributed by atoms with Gasteiger partial charge in [0.1, 0.15) is 11.8 Å². The monoisotopic (exact) mass is 347 g/mol. The summed E-state index contributed by atoms with van der Waals surface area (Å²) in [5.41, 5.74) is -0.124. The molecule has 130 valence electrons. The van der Waals surface area contributed by atoms with Crippen molar-refractivity contribution in [3.8, 4) is 6.07 Å². The van der Waals surface area contributed by atoms with E-state index in [9.17, 15) is 0 Å². The van der Waals surface area contributed by atoms with Gasteiger partial charge in [-0.3, -0.25) is 0 Å². The van der Waals surface area contributed by atoms with Crippen molar-refractivity contribution < 1.29 is 4.42 Å². The Morgan fingerprint density at radius 2 is 1.88 bits per heavy atom. The molecular weight excluding hydrogens is 322 g/mol. The van der Waals surface area contributed by atoms with Crippen LogP contribution in [0.15, 0.2) is 16.8 Å². The molecule has 0 aromatic carbocycles. The Labute approximate surface area is 147 Å². The minimum absolute atomic E-state index is 0.0464. The first-order valence-corrected chi connectivity index (χ1v) is 8.77. The van der Waals surface area contributed by atoms with Gasteiger partial charge in [0.15, 0.2) is 10.9 Å². The van der Waals surface area contributed by atoms with E-state index in [2.05, 4.69) is 61.3 Å². The Bertz CT molecular complexity index is 705. The Morgan fingerprint density at radius 1 is 1.12 bits per heavy atom. The van der Waals surface area contributed by atoms with Crippen LogP contribution in [0.25, 0.3) is 0 Å². The molecule has 0 saturated heterocycles. The molecule has 6 nitrogen and oxygen atoms in total. The van der Waals surface area contributed by atoms with E-state index < -0.39 is 0 Å². The highest BCUT2D eigenvalue weighted by Crippen LogP contribution is 2.17. The molecule has 2 N–H and O–H groups in total.